The minimum atomic E-state index is 0.631. The molecule has 1 saturated carbocycles. The maximum atomic E-state index is 3.71. The largest absolute Gasteiger partial charge is 0.350 e. The third-order valence-corrected chi connectivity index (χ3v) is 4.55. The van der Waals surface area contributed by atoms with Crippen LogP contribution < -0.4 is 5.32 Å². The second-order valence-electron chi connectivity index (χ2n) is 6.02. The summed E-state index contributed by atoms with van der Waals surface area (Å²) in [4.78, 5) is 0. The van der Waals surface area contributed by atoms with Gasteiger partial charge in [-0.15, -0.1) is 0 Å². The number of fused-ring (bicyclic) bond motifs is 1. The van der Waals surface area contributed by atoms with Crippen LogP contribution in [0.5, 0.6) is 0 Å². The molecule has 2 aromatic carbocycles. The highest BCUT2D eigenvalue weighted by molar-refractivity contribution is 5.83. The van der Waals surface area contributed by atoms with Crippen LogP contribution in [0.4, 0.5) is 0 Å². The molecule has 2 heteroatoms. The smallest absolute Gasteiger partial charge is 0.0481 e. The lowest BCUT2D eigenvalue weighted by atomic mass is 10.1. The van der Waals surface area contributed by atoms with Gasteiger partial charge in [0, 0.05) is 42.7 Å². The molecule has 106 valence electrons. The van der Waals surface area contributed by atoms with Crippen LogP contribution in [0.1, 0.15) is 23.5 Å². The molecule has 0 spiro atoms. The minimum absolute atomic E-state index is 0.631. The molecular weight excluding hydrogens is 256 g/mol. The first-order chi connectivity index (χ1) is 10.3. The number of nitrogens with zero attached hydrogens (tertiary/aromatic N) is 1. The summed E-state index contributed by atoms with van der Waals surface area (Å²) < 4.78 is 2.22. The van der Waals surface area contributed by atoms with Gasteiger partial charge in [0.2, 0.25) is 0 Å². The molecule has 0 amide bonds. The molecule has 1 fully saturated rings. The summed E-state index contributed by atoms with van der Waals surface area (Å²) >= 11 is 0. The molecule has 1 heterocycles. The van der Waals surface area contributed by atoms with E-state index >= 15 is 0 Å². The summed E-state index contributed by atoms with van der Waals surface area (Å²) in [5.41, 5.74) is 4.17. The van der Waals surface area contributed by atoms with E-state index in [4.69, 9.17) is 0 Å². The van der Waals surface area contributed by atoms with E-state index in [0.717, 1.165) is 6.54 Å². The van der Waals surface area contributed by atoms with Gasteiger partial charge in [-0.25, -0.2) is 0 Å². The van der Waals surface area contributed by atoms with Crippen molar-refractivity contribution in [2.75, 3.05) is 0 Å². The second kappa shape index (κ2) is 5.05. The first-order valence-corrected chi connectivity index (χ1v) is 7.64. The number of benzene rings is 2. The summed E-state index contributed by atoms with van der Waals surface area (Å²) in [5.74, 6) is 0.696. The first kappa shape index (κ1) is 12.7. The molecule has 2 nitrogen and oxygen atoms in total. The molecule has 1 aromatic heterocycles. The van der Waals surface area contributed by atoms with Gasteiger partial charge in [0.15, 0.2) is 0 Å². The van der Waals surface area contributed by atoms with Crippen molar-refractivity contribution in [1.82, 2.24) is 9.88 Å². The van der Waals surface area contributed by atoms with Crippen molar-refractivity contribution in [2.45, 2.75) is 24.9 Å². The van der Waals surface area contributed by atoms with Crippen LogP contribution >= 0.6 is 0 Å². The van der Waals surface area contributed by atoms with Crippen molar-refractivity contribution in [2.24, 2.45) is 7.05 Å². The van der Waals surface area contributed by atoms with E-state index in [1.807, 2.05) is 0 Å². The summed E-state index contributed by atoms with van der Waals surface area (Å²) in [6.45, 7) is 0.954. The maximum Gasteiger partial charge on any atom is 0.0481 e. The lowest BCUT2D eigenvalue weighted by molar-refractivity contribution is 0.674. The van der Waals surface area contributed by atoms with Gasteiger partial charge >= 0.3 is 0 Å². The Morgan fingerprint density at radius 1 is 1.05 bits per heavy atom. The third-order valence-electron chi connectivity index (χ3n) is 4.55. The number of nitrogens with one attached hydrogen (secondary N) is 1. The van der Waals surface area contributed by atoms with Gasteiger partial charge in [0.05, 0.1) is 0 Å². The van der Waals surface area contributed by atoms with Crippen LogP contribution in [0.2, 0.25) is 0 Å². The number of hydrogen-bond donors (Lipinski definition) is 1. The summed E-state index contributed by atoms with van der Waals surface area (Å²) in [5, 5.41) is 5.08. The lowest BCUT2D eigenvalue weighted by Crippen LogP contribution is -2.17. The van der Waals surface area contributed by atoms with Crippen molar-refractivity contribution >= 4 is 10.9 Å². The zero-order chi connectivity index (χ0) is 14.2. The molecule has 1 aliphatic rings. The average Bonchev–Trinajstić information content (AvgIpc) is 3.25. The topological polar surface area (TPSA) is 17.0 Å². The Bertz CT molecular complexity index is 758. The lowest BCUT2D eigenvalue weighted by Gasteiger charge is -2.04. The molecule has 0 radical (unpaired) electrons. The molecule has 1 aliphatic carbocycles. The van der Waals surface area contributed by atoms with E-state index < -0.39 is 0 Å². The van der Waals surface area contributed by atoms with Crippen molar-refractivity contribution in [3.63, 3.8) is 0 Å². The van der Waals surface area contributed by atoms with Crippen LogP contribution in [0.3, 0.4) is 0 Å². The number of rotatable bonds is 4. The number of para-hydroxylation sites is 1. The minimum Gasteiger partial charge on any atom is -0.350 e. The van der Waals surface area contributed by atoms with Gasteiger partial charge in [-0.05, 0) is 23.6 Å². The standard InChI is InChI=1S/C19H20N2/c1-21-13-15(16-9-5-6-10-19(16)21)12-20-18-11-17(18)14-7-3-2-4-8-14/h2-10,13,17-18,20H,11-12H2,1H3. The van der Waals surface area contributed by atoms with E-state index in [9.17, 15) is 0 Å². The molecule has 2 atom stereocenters. The Kier molecular flexibility index (Phi) is 3.04. The van der Waals surface area contributed by atoms with Crippen molar-refractivity contribution < 1.29 is 0 Å². The van der Waals surface area contributed by atoms with Crippen molar-refractivity contribution in [1.29, 1.82) is 0 Å². The molecule has 21 heavy (non-hydrogen) atoms. The molecule has 0 bridgehead atoms. The van der Waals surface area contributed by atoms with Crippen LogP contribution in [0, 0.1) is 0 Å². The molecule has 2 unspecified atom stereocenters. The van der Waals surface area contributed by atoms with E-state index in [-0.39, 0.29) is 0 Å². The third kappa shape index (κ3) is 2.36. The van der Waals surface area contributed by atoms with Crippen LogP contribution in [-0.2, 0) is 13.6 Å². The monoisotopic (exact) mass is 276 g/mol. The Morgan fingerprint density at radius 2 is 1.81 bits per heavy atom. The van der Waals surface area contributed by atoms with Crippen LogP contribution in [-0.4, -0.2) is 10.6 Å². The average molecular weight is 276 g/mol. The fourth-order valence-electron chi connectivity index (χ4n) is 3.30. The number of hydrogen-bond acceptors (Lipinski definition) is 1. The SMILES string of the molecule is Cn1cc(CNC2CC2c2ccccc2)c2ccccc21. The predicted molar refractivity (Wildman–Crippen MR) is 87.3 cm³/mol. The summed E-state index contributed by atoms with van der Waals surface area (Å²) in [6, 6.07) is 20.1. The van der Waals surface area contributed by atoms with E-state index in [1.165, 1.54) is 28.5 Å². The molecule has 4 rings (SSSR count). The molecular formula is C19H20N2. The Balaban J connectivity index is 1.46. The van der Waals surface area contributed by atoms with Gasteiger partial charge < -0.3 is 9.88 Å². The zero-order valence-electron chi connectivity index (χ0n) is 12.3. The molecule has 3 aromatic rings. The molecule has 0 saturated heterocycles. The van der Waals surface area contributed by atoms with E-state index in [2.05, 4.69) is 77.7 Å². The molecule has 1 N–H and O–H groups in total. The summed E-state index contributed by atoms with van der Waals surface area (Å²) in [7, 11) is 2.12. The van der Waals surface area contributed by atoms with Gasteiger partial charge in [0.1, 0.15) is 0 Å². The normalized spacial score (nSPS) is 20.8. The number of aromatic nitrogens is 1. The van der Waals surface area contributed by atoms with Crippen molar-refractivity contribution in [3.05, 3.63) is 71.9 Å². The first-order valence-electron chi connectivity index (χ1n) is 7.64. The van der Waals surface area contributed by atoms with Gasteiger partial charge in [0.25, 0.3) is 0 Å². The second-order valence-corrected chi connectivity index (χ2v) is 6.02. The highest BCUT2D eigenvalue weighted by atomic mass is 15.0. The molecule has 0 aliphatic heterocycles. The fraction of sp³-hybridized carbons (Fsp3) is 0.263. The Hall–Kier alpha value is -2.06. The van der Waals surface area contributed by atoms with Crippen LogP contribution in [0.25, 0.3) is 10.9 Å². The van der Waals surface area contributed by atoms with E-state index in [1.54, 1.807) is 0 Å². The van der Waals surface area contributed by atoms with Crippen molar-refractivity contribution in [3.8, 4) is 0 Å². The highest BCUT2D eigenvalue weighted by Crippen LogP contribution is 2.40. The highest BCUT2D eigenvalue weighted by Gasteiger charge is 2.37. The quantitative estimate of drug-likeness (QED) is 0.766. The van der Waals surface area contributed by atoms with Gasteiger partial charge in [-0.1, -0.05) is 48.5 Å². The van der Waals surface area contributed by atoms with Gasteiger partial charge in [-0.2, -0.15) is 0 Å². The predicted octanol–water partition coefficient (Wildman–Crippen LogP) is 3.82. The fourth-order valence-corrected chi connectivity index (χ4v) is 3.30. The summed E-state index contributed by atoms with van der Waals surface area (Å²) in [6.07, 6.45) is 3.51. The Morgan fingerprint density at radius 3 is 2.67 bits per heavy atom. The maximum absolute atomic E-state index is 3.71. The number of aryl methyl sites for hydroxylation is 1. The zero-order valence-corrected chi connectivity index (χ0v) is 12.3. The van der Waals surface area contributed by atoms with Crippen LogP contribution in [0.15, 0.2) is 60.8 Å². The Labute approximate surface area is 125 Å². The van der Waals surface area contributed by atoms with Gasteiger partial charge in [-0.3, -0.25) is 0 Å². The van der Waals surface area contributed by atoms with E-state index in [0.29, 0.717) is 12.0 Å².